The van der Waals surface area contributed by atoms with Gasteiger partial charge in [-0.25, -0.2) is 19.2 Å². The molecule has 2 N–H and O–H groups in total. The molecule has 1 aliphatic rings. The van der Waals surface area contributed by atoms with Crippen LogP contribution in [0.4, 0.5) is 9.59 Å². The van der Waals surface area contributed by atoms with Gasteiger partial charge in [-0.3, -0.25) is 24.2 Å². The fraction of sp³-hybridized carbons (Fsp3) is 0.446. The highest BCUT2D eigenvalue weighted by molar-refractivity contribution is 5.92. The lowest BCUT2D eigenvalue weighted by Crippen LogP contribution is -2.54. The molecule has 1 saturated heterocycles. The predicted molar refractivity (Wildman–Crippen MR) is 277 cm³/mol. The zero-order valence-corrected chi connectivity index (χ0v) is 43.6. The number of alkyl carbamates (subject to hydrolysis) is 1. The molecule has 4 atom stereocenters. The van der Waals surface area contributed by atoms with Crippen molar-refractivity contribution in [3.05, 3.63) is 144 Å². The molecular weight excluding hydrogens is 933 g/mol. The van der Waals surface area contributed by atoms with E-state index in [0.717, 1.165) is 22.3 Å². The second-order valence-corrected chi connectivity index (χ2v) is 18.9. The Bertz CT molecular complexity index is 2350. The lowest BCUT2D eigenvalue weighted by atomic mass is 10.1. The number of carbonyl (C=O) groups excluding carboxylic acids is 7. The minimum absolute atomic E-state index is 0.0634. The number of esters is 2. The van der Waals surface area contributed by atoms with E-state index in [-0.39, 0.29) is 57.1 Å². The molecule has 394 valence electrons. The summed E-state index contributed by atoms with van der Waals surface area (Å²) in [5.41, 5.74) is 3.35. The quantitative estimate of drug-likeness (QED) is 0.0675. The number of hydrogen-bond acceptors (Lipinski definition) is 12. The predicted octanol–water partition coefficient (Wildman–Crippen LogP) is 6.57. The average molecular weight is 1010 g/mol. The Morgan fingerprint density at radius 1 is 0.685 bits per heavy atom. The Morgan fingerprint density at radius 3 is 1.74 bits per heavy atom. The zero-order chi connectivity index (χ0) is 53.3. The highest BCUT2D eigenvalue weighted by atomic mass is 16.6. The fourth-order valence-corrected chi connectivity index (χ4v) is 7.95. The van der Waals surface area contributed by atoms with Gasteiger partial charge in [0, 0.05) is 64.7 Å². The molecule has 0 saturated carbocycles. The first kappa shape index (κ1) is 58.3. The van der Waals surface area contributed by atoms with E-state index in [2.05, 4.69) is 15.5 Å². The number of nitrogens with zero attached hydrogens (tertiary/aromatic N) is 4. The van der Waals surface area contributed by atoms with Crippen molar-refractivity contribution in [1.82, 2.24) is 30.2 Å². The van der Waals surface area contributed by atoms with Gasteiger partial charge >= 0.3 is 24.1 Å². The number of carbonyl (C=O) groups is 7. The molecule has 5 rings (SSSR count). The molecule has 17 nitrogen and oxygen atoms in total. The summed E-state index contributed by atoms with van der Waals surface area (Å²) in [5.74, 6) is -1.85. The Labute approximate surface area is 430 Å². The van der Waals surface area contributed by atoms with Gasteiger partial charge in [-0.05, 0) is 76.6 Å². The van der Waals surface area contributed by atoms with Gasteiger partial charge in [-0.1, -0.05) is 121 Å². The molecule has 0 spiro atoms. The van der Waals surface area contributed by atoms with Crippen LogP contribution >= 0.6 is 0 Å². The lowest BCUT2D eigenvalue weighted by molar-refractivity contribution is -0.152. The zero-order valence-electron chi connectivity index (χ0n) is 43.6. The van der Waals surface area contributed by atoms with Crippen LogP contribution in [0, 0.1) is 0 Å². The topological polar surface area (TPSA) is 193 Å². The summed E-state index contributed by atoms with van der Waals surface area (Å²) in [5, 5.41) is 5.68. The monoisotopic (exact) mass is 1010 g/mol. The molecule has 5 amide bonds. The third-order valence-electron chi connectivity index (χ3n) is 11.9. The second-order valence-electron chi connectivity index (χ2n) is 18.9. The van der Waals surface area contributed by atoms with Crippen LogP contribution in [0.1, 0.15) is 76.6 Å². The Morgan fingerprint density at radius 2 is 1.21 bits per heavy atom. The molecule has 4 aromatic carbocycles. The summed E-state index contributed by atoms with van der Waals surface area (Å²) >= 11 is 0. The SMILES string of the molecule is COC(=O)C(C)N1CCN(C(=O)CCc2ccccc2)CC(NC(=O)CCc2ccccc2)C1=O.COC(=O)[C@H](C)N(CCN(Cc1ccccc1)C[C@@H](C)NC(=O)OCc1ccccc1)C(=O)OC(C)(C)C. The number of methoxy groups -OCH3 is 2. The standard InChI is InChI=1S/C29H41N3O6.C27H33N3O5/c1-22(30-27(34)37-21-25-15-11-8-12-16-25)19-31(20-24-13-9-7-10-14-24)17-18-32(23(2)26(33)36-6)28(35)38-29(3,4)5;1-20(27(34)35-2)30-18-17-29(25(32)16-14-22-11-7-4-8-12-22)19-23(26(30)33)28-24(31)15-13-21-9-5-3-6-10-21/h7-16,22-23H,17-21H2,1-6H3,(H,30,34);3-12,20,23H,13-19H2,1-2H3,(H,28,31)/t22-,23+;/m1./s1. The highest BCUT2D eigenvalue weighted by Crippen LogP contribution is 2.16. The Kier molecular flexibility index (Phi) is 23.9. The number of amides is 5. The van der Waals surface area contributed by atoms with Gasteiger partial charge in [-0.2, -0.15) is 0 Å². The molecule has 1 aliphatic heterocycles. The van der Waals surface area contributed by atoms with Crippen LogP contribution < -0.4 is 10.6 Å². The maximum Gasteiger partial charge on any atom is 0.411 e. The molecule has 0 bridgehead atoms. The first-order valence-corrected chi connectivity index (χ1v) is 24.7. The summed E-state index contributed by atoms with van der Waals surface area (Å²) in [7, 11) is 2.56. The number of ether oxygens (including phenoxy) is 4. The molecule has 1 fully saturated rings. The van der Waals surface area contributed by atoms with Crippen LogP contribution in [0.15, 0.2) is 121 Å². The summed E-state index contributed by atoms with van der Waals surface area (Å²) in [4.78, 5) is 95.3. The summed E-state index contributed by atoms with van der Waals surface area (Å²) in [6.45, 7) is 12.9. The van der Waals surface area contributed by atoms with Gasteiger partial charge in [-0.15, -0.1) is 0 Å². The van der Waals surface area contributed by atoms with E-state index in [4.69, 9.17) is 18.9 Å². The number of rotatable bonds is 21. The van der Waals surface area contributed by atoms with Crippen LogP contribution in [0.5, 0.6) is 0 Å². The minimum atomic E-state index is -0.937. The van der Waals surface area contributed by atoms with Crippen molar-refractivity contribution >= 4 is 41.8 Å². The van der Waals surface area contributed by atoms with Crippen molar-refractivity contribution < 1.29 is 52.5 Å². The van der Waals surface area contributed by atoms with E-state index in [9.17, 15) is 33.6 Å². The van der Waals surface area contributed by atoms with Gasteiger partial charge in [0.15, 0.2) is 0 Å². The van der Waals surface area contributed by atoms with Crippen molar-refractivity contribution in [3.8, 4) is 0 Å². The van der Waals surface area contributed by atoms with Crippen LogP contribution in [-0.4, -0.2) is 145 Å². The number of benzene rings is 4. The summed E-state index contributed by atoms with van der Waals surface area (Å²) < 4.78 is 20.6. The molecule has 4 aromatic rings. The molecule has 73 heavy (non-hydrogen) atoms. The largest absolute Gasteiger partial charge is 0.467 e. The van der Waals surface area contributed by atoms with E-state index >= 15 is 0 Å². The van der Waals surface area contributed by atoms with Gasteiger partial charge in [0.1, 0.15) is 30.3 Å². The number of aryl methyl sites for hydroxylation is 2. The molecule has 0 aliphatic carbocycles. The minimum Gasteiger partial charge on any atom is -0.467 e. The molecule has 2 unspecified atom stereocenters. The first-order valence-electron chi connectivity index (χ1n) is 24.7. The smallest absolute Gasteiger partial charge is 0.411 e. The Balaban J connectivity index is 0.000000317. The normalized spacial score (nSPS) is 14.8. The van der Waals surface area contributed by atoms with Gasteiger partial charge in [0.25, 0.3) is 0 Å². The van der Waals surface area contributed by atoms with Crippen molar-refractivity contribution in [3.63, 3.8) is 0 Å². The van der Waals surface area contributed by atoms with Crippen LogP contribution in [0.3, 0.4) is 0 Å². The van der Waals surface area contributed by atoms with E-state index in [1.54, 1.807) is 39.5 Å². The van der Waals surface area contributed by atoms with E-state index in [1.807, 2.05) is 128 Å². The molecule has 0 aromatic heterocycles. The van der Waals surface area contributed by atoms with Crippen molar-refractivity contribution in [1.29, 1.82) is 0 Å². The fourth-order valence-electron chi connectivity index (χ4n) is 7.95. The maximum atomic E-state index is 13.3. The number of hydrogen-bond donors (Lipinski definition) is 2. The first-order chi connectivity index (χ1) is 34.9. The van der Waals surface area contributed by atoms with Crippen molar-refractivity contribution in [2.75, 3.05) is 53.5 Å². The van der Waals surface area contributed by atoms with Crippen LogP contribution in [0.2, 0.25) is 0 Å². The lowest BCUT2D eigenvalue weighted by Gasteiger charge is -2.33. The third kappa shape index (κ3) is 20.8. The van der Waals surface area contributed by atoms with E-state index in [1.165, 1.54) is 24.0 Å². The molecular formula is C56H74N6O11. The highest BCUT2D eigenvalue weighted by Gasteiger charge is 2.37. The Hall–Kier alpha value is -7.27. The molecule has 17 heteroatoms. The van der Waals surface area contributed by atoms with Crippen LogP contribution in [0.25, 0.3) is 0 Å². The maximum absolute atomic E-state index is 13.3. The number of nitrogens with one attached hydrogen (secondary N) is 2. The summed E-state index contributed by atoms with van der Waals surface area (Å²) in [6.07, 6.45) is 0.527. The molecule has 0 radical (unpaired) electrons. The second kappa shape index (κ2) is 29.9. The van der Waals surface area contributed by atoms with Crippen molar-refractivity contribution in [2.24, 2.45) is 0 Å². The van der Waals surface area contributed by atoms with Crippen LogP contribution in [-0.2, 0) is 68.9 Å². The third-order valence-corrected chi connectivity index (χ3v) is 11.9. The average Bonchev–Trinajstić information content (AvgIpc) is 3.54. The molecule has 1 heterocycles. The van der Waals surface area contributed by atoms with E-state index in [0.29, 0.717) is 38.9 Å². The van der Waals surface area contributed by atoms with E-state index < -0.39 is 53.8 Å². The van der Waals surface area contributed by atoms with Gasteiger partial charge in [0.2, 0.25) is 17.7 Å². The van der Waals surface area contributed by atoms with Crippen molar-refractivity contribution in [2.45, 2.75) is 110 Å². The van der Waals surface area contributed by atoms with Gasteiger partial charge < -0.3 is 39.4 Å². The summed E-state index contributed by atoms with van der Waals surface area (Å²) in [6, 6.07) is 35.9. The van der Waals surface area contributed by atoms with Gasteiger partial charge in [0.05, 0.1) is 14.2 Å².